The van der Waals surface area contributed by atoms with Crippen molar-refractivity contribution in [3.05, 3.63) is 46.8 Å². The molecule has 0 bridgehead atoms. The maximum Gasteiger partial charge on any atom is 0.319 e. The molecule has 3 atom stereocenters. The molecule has 1 fully saturated rings. The lowest BCUT2D eigenvalue weighted by molar-refractivity contribution is -0.162. The number of fused-ring (bicyclic) bond motifs is 5. The smallest absolute Gasteiger partial charge is 0.319 e. The second-order valence-electron chi connectivity index (χ2n) is 9.43. The van der Waals surface area contributed by atoms with E-state index < -0.39 is 14.0 Å². The van der Waals surface area contributed by atoms with Gasteiger partial charge >= 0.3 is 5.97 Å². The van der Waals surface area contributed by atoms with E-state index >= 15 is 0 Å². The van der Waals surface area contributed by atoms with Crippen LogP contribution < -0.4 is 0 Å². The van der Waals surface area contributed by atoms with Crippen LogP contribution in [0.2, 0.25) is 19.6 Å². The van der Waals surface area contributed by atoms with E-state index in [0.29, 0.717) is 13.2 Å². The van der Waals surface area contributed by atoms with Gasteiger partial charge in [-0.25, -0.2) is 0 Å². The second-order valence-corrected chi connectivity index (χ2v) is 14.5. The van der Waals surface area contributed by atoms with Crippen molar-refractivity contribution in [2.24, 2.45) is 11.8 Å². The number of allylic oxidation sites excluding steroid dienone is 2. The normalized spacial score (nSPS) is 24.6. The van der Waals surface area contributed by atoms with Crippen LogP contribution in [0.5, 0.6) is 0 Å². The molecule has 5 nitrogen and oxygen atoms in total. The van der Waals surface area contributed by atoms with Crippen LogP contribution in [0.4, 0.5) is 0 Å². The average Bonchev–Trinajstić information content (AvgIpc) is 3.07. The Morgan fingerprint density at radius 2 is 2.03 bits per heavy atom. The van der Waals surface area contributed by atoms with Gasteiger partial charge in [0, 0.05) is 29.1 Å². The van der Waals surface area contributed by atoms with Gasteiger partial charge in [0.15, 0.2) is 0 Å². The number of piperidine rings is 1. The summed E-state index contributed by atoms with van der Waals surface area (Å²) >= 11 is 0. The monoisotopic (exact) mass is 424 g/mol. The third-order valence-corrected chi connectivity index (χ3v) is 9.10. The van der Waals surface area contributed by atoms with Gasteiger partial charge < -0.3 is 14.6 Å². The molecule has 1 saturated heterocycles. The van der Waals surface area contributed by atoms with Crippen molar-refractivity contribution in [1.82, 2.24) is 9.88 Å². The summed E-state index contributed by atoms with van der Waals surface area (Å²) in [6.07, 6.45) is 3.73. The van der Waals surface area contributed by atoms with Crippen molar-refractivity contribution in [3.63, 3.8) is 0 Å². The van der Waals surface area contributed by atoms with Gasteiger partial charge in [0.05, 0.1) is 20.7 Å². The van der Waals surface area contributed by atoms with Crippen LogP contribution >= 0.6 is 0 Å². The van der Waals surface area contributed by atoms with Gasteiger partial charge in [-0.1, -0.05) is 49.1 Å². The Morgan fingerprint density at radius 3 is 2.70 bits per heavy atom. The predicted molar refractivity (Wildman–Crippen MR) is 122 cm³/mol. The minimum absolute atomic E-state index is 0.0179. The van der Waals surface area contributed by atoms with Gasteiger partial charge in [0.25, 0.3) is 0 Å². The molecule has 2 aliphatic heterocycles. The van der Waals surface area contributed by atoms with Crippen molar-refractivity contribution in [2.45, 2.75) is 52.4 Å². The fourth-order valence-corrected chi connectivity index (χ4v) is 7.82. The minimum Gasteiger partial charge on any atom is -0.465 e. The first kappa shape index (κ1) is 20.9. The molecule has 30 heavy (non-hydrogen) atoms. The molecule has 0 spiro atoms. The number of amides is 1. The number of rotatable bonds is 4. The number of carbonyl (C=O) groups excluding carboxylic acids is 2. The maximum absolute atomic E-state index is 13.7. The Bertz CT molecular complexity index is 1020. The first-order chi connectivity index (χ1) is 14.3. The van der Waals surface area contributed by atoms with Crippen LogP contribution in [0.25, 0.3) is 10.9 Å². The van der Waals surface area contributed by atoms with Crippen LogP contribution in [0.15, 0.2) is 35.5 Å². The number of hydrogen-bond donors (Lipinski definition) is 1. The van der Waals surface area contributed by atoms with E-state index in [2.05, 4.69) is 48.9 Å². The number of hydrogen-bond acceptors (Lipinski definition) is 3. The third kappa shape index (κ3) is 3.31. The van der Waals surface area contributed by atoms with Crippen molar-refractivity contribution in [1.29, 1.82) is 0 Å². The largest absolute Gasteiger partial charge is 0.465 e. The molecule has 1 aromatic carbocycles. The van der Waals surface area contributed by atoms with E-state index in [1.54, 1.807) is 6.92 Å². The highest BCUT2D eigenvalue weighted by Crippen LogP contribution is 2.47. The summed E-state index contributed by atoms with van der Waals surface area (Å²) in [5.41, 5.74) is 3.59. The molecule has 0 radical (unpaired) electrons. The molecule has 160 valence electrons. The molecule has 4 rings (SSSR count). The van der Waals surface area contributed by atoms with E-state index in [-0.39, 0.29) is 23.8 Å². The molecule has 3 unspecified atom stereocenters. The van der Waals surface area contributed by atoms with Crippen LogP contribution in [-0.2, 0) is 20.7 Å². The first-order valence-corrected chi connectivity index (χ1v) is 14.5. The number of aromatic nitrogens is 1. The fourth-order valence-electron chi connectivity index (χ4n) is 5.56. The summed E-state index contributed by atoms with van der Waals surface area (Å²) in [6.45, 7) is 11.7. The van der Waals surface area contributed by atoms with Gasteiger partial charge in [-0.2, -0.15) is 0 Å². The molecule has 2 aliphatic rings. The van der Waals surface area contributed by atoms with Crippen LogP contribution in [-0.4, -0.2) is 43.0 Å². The Hall–Kier alpha value is -2.34. The van der Waals surface area contributed by atoms with Crippen molar-refractivity contribution in [3.8, 4) is 0 Å². The molecule has 0 saturated carbocycles. The third-order valence-electron chi connectivity index (χ3n) is 6.70. The number of esters is 1. The fraction of sp³-hybridized carbons (Fsp3) is 0.500. The van der Waals surface area contributed by atoms with Gasteiger partial charge in [0.1, 0.15) is 5.92 Å². The molecular weight excluding hydrogens is 392 g/mol. The number of nitrogens with zero attached hydrogens (tertiary/aromatic N) is 1. The molecule has 6 heteroatoms. The molecular formula is C24H32N2O3Si. The topological polar surface area (TPSA) is 62.4 Å². The molecule has 3 heterocycles. The summed E-state index contributed by atoms with van der Waals surface area (Å²) in [5.74, 6) is -1.28. The summed E-state index contributed by atoms with van der Waals surface area (Å²) in [4.78, 5) is 32.1. The standard InChI is InChI=1S/C24H32N2O3Si/c1-6-20(30(3,4)5)17-14-19-22-16(15-10-8-9-11-18(15)25-22)12-13-26(19)23(27)21(17)24(28)29-7-2/h6,8-11,17,19,21,25H,7,12-14H2,1-5H3/b20-6-. The van der Waals surface area contributed by atoms with E-state index in [0.717, 1.165) is 24.1 Å². The number of para-hydroxylation sites is 1. The number of aromatic amines is 1. The zero-order valence-corrected chi connectivity index (χ0v) is 19.6. The van der Waals surface area contributed by atoms with Crippen molar-refractivity contribution >= 4 is 30.9 Å². The SMILES string of the molecule is C/C=C(/C1CC2c3[nH]c4ccccc4c3CCN2C(=O)C1C(=O)OCC)[Si](C)(C)C. The predicted octanol–water partition coefficient (Wildman–Crippen LogP) is 4.62. The highest BCUT2D eigenvalue weighted by atomic mass is 28.3. The zero-order chi connectivity index (χ0) is 21.6. The van der Waals surface area contributed by atoms with Crippen LogP contribution in [0, 0.1) is 11.8 Å². The summed E-state index contributed by atoms with van der Waals surface area (Å²) in [5, 5.41) is 2.54. The molecule has 1 amide bonds. The van der Waals surface area contributed by atoms with Gasteiger partial charge in [0.2, 0.25) is 5.91 Å². The van der Waals surface area contributed by atoms with Crippen LogP contribution in [0.1, 0.15) is 37.6 Å². The number of benzene rings is 1. The van der Waals surface area contributed by atoms with Gasteiger partial charge in [-0.05, 0) is 38.3 Å². The Kier molecular flexibility index (Phi) is 5.39. The Morgan fingerprint density at radius 1 is 1.30 bits per heavy atom. The average molecular weight is 425 g/mol. The lowest BCUT2D eigenvalue weighted by atomic mass is 9.77. The summed E-state index contributed by atoms with van der Waals surface area (Å²) in [7, 11) is -1.72. The Labute approximate surface area is 179 Å². The lowest BCUT2D eigenvalue weighted by Crippen LogP contribution is -2.54. The number of carbonyl (C=O) groups is 2. The maximum atomic E-state index is 13.7. The second kappa shape index (κ2) is 7.73. The molecule has 1 N–H and O–H groups in total. The summed E-state index contributed by atoms with van der Waals surface area (Å²) in [6, 6.07) is 8.34. The quantitative estimate of drug-likeness (QED) is 0.443. The van der Waals surface area contributed by atoms with E-state index in [4.69, 9.17) is 4.74 Å². The Balaban J connectivity index is 1.81. The summed E-state index contributed by atoms with van der Waals surface area (Å²) < 4.78 is 5.38. The minimum atomic E-state index is -1.72. The number of nitrogens with one attached hydrogen (secondary N) is 1. The van der Waals surface area contributed by atoms with Crippen LogP contribution in [0.3, 0.4) is 0 Å². The van der Waals surface area contributed by atoms with E-state index in [1.807, 2.05) is 17.9 Å². The highest BCUT2D eigenvalue weighted by Gasteiger charge is 2.51. The molecule has 0 aliphatic carbocycles. The van der Waals surface area contributed by atoms with Crippen molar-refractivity contribution < 1.29 is 14.3 Å². The molecule has 2 aromatic rings. The lowest BCUT2D eigenvalue weighted by Gasteiger charge is -2.47. The highest BCUT2D eigenvalue weighted by molar-refractivity contribution is 6.83. The number of H-pyrrole nitrogens is 1. The molecule has 1 aromatic heterocycles. The van der Waals surface area contributed by atoms with Gasteiger partial charge in [-0.15, -0.1) is 0 Å². The van der Waals surface area contributed by atoms with E-state index in [1.165, 1.54) is 16.1 Å². The van der Waals surface area contributed by atoms with E-state index in [9.17, 15) is 9.59 Å². The number of ether oxygens (including phenoxy) is 1. The van der Waals surface area contributed by atoms with Crippen molar-refractivity contribution in [2.75, 3.05) is 13.2 Å². The van der Waals surface area contributed by atoms with Gasteiger partial charge in [-0.3, -0.25) is 9.59 Å². The zero-order valence-electron chi connectivity index (χ0n) is 18.6. The first-order valence-electron chi connectivity index (χ1n) is 11.0.